The SMILES string of the molecule is CCCCCCCCOc1ccc(-c2cc(-c3ccc(CC)o3)on2)cc1. The quantitative estimate of drug-likeness (QED) is 0.346. The number of aromatic nitrogens is 1. The summed E-state index contributed by atoms with van der Waals surface area (Å²) < 4.78 is 17.0. The van der Waals surface area contributed by atoms with Gasteiger partial charge in [-0.25, -0.2) is 0 Å². The summed E-state index contributed by atoms with van der Waals surface area (Å²) in [7, 11) is 0. The van der Waals surface area contributed by atoms with Gasteiger partial charge in [-0.1, -0.05) is 51.1 Å². The molecule has 0 fully saturated rings. The van der Waals surface area contributed by atoms with Gasteiger partial charge < -0.3 is 13.7 Å². The number of benzene rings is 1. The van der Waals surface area contributed by atoms with Crippen molar-refractivity contribution in [1.82, 2.24) is 5.16 Å². The van der Waals surface area contributed by atoms with Gasteiger partial charge >= 0.3 is 0 Å². The molecule has 2 heterocycles. The second-order valence-electron chi connectivity index (χ2n) is 6.84. The molecule has 0 N–H and O–H groups in total. The zero-order valence-electron chi connectivity index (χ0n) is 16.4. The lowest BCUT2D eigenvalue weighted by Crippen LogP contribution is -1.97. The Kier molecular flexibility index (Phi) is 7.14. The Hall–Kier alpha value is -2.49. The van der Waals surface area contributed by atoms with Gasteiger partial charge in [-0.15, -0.1) is 0 Å². The summed E-state index contributed by atoms with van der Waals surface area (Å²) in [5.74, 6) is 3.20. The van der Waals surface area contributed by atoms with E-state index in [1.807, 2.05) is 42.5 Å². The van der Waals surface area contributed by atoms with Crippen LogP contribution in [0.1, 0.15) is 58.1 Å². The molecule has 144 valence electrons. The number of unbranched alkanes of at least 4 members (excludes halogenated alkanes) is 5. The zero-order chi connectivity index (χ0) is 18.9. The number of rotatable bonds is 11. The number of nitrogens with zero attached hydrogens (tertiary/aromatic N) is 1. The maximum Gasteiger partial charge on any atom is 0.202 e. The van der Waals surface area contributed by atoms with Crippen molar-refractivity contribution in [2.24, 2.45) is 0 Å². The molecule has 0 saturated carbocycles. The van der Waals surface area contributed by atoms with Crippen LogP contribution in [0.15, 0.2) is 51.4 Å². The Labute approximate surface area is 161 Å². The van der Waals surface area contributed by atoms with Gasteiger partial charge in [-0.3, -0.25) is 0 Å². The minimum atomic E-state index is 0.646. The Balaban J connectivity index is 1.50. The fourth-order valence-corrected chi connectivity index (χ4v) is 3.02. The van der Waals surface area contributed by atoms with Crippen molar-refractivity contribution in [1.29, 1.82) is 0 Å². The van der Waals surface area contributed by atoms with Crippen molar-refractivity contribution in [2.75, 3.05) is 6.61 Å². The van der Waals surface area contributed by atoms with E-state index in [-0.39, 0.29) is 0 Å². The van der Waals surface area contributed by atoms with E-state index in [1.54, 1.807) is 0 Å². The van der Waals surface area contributed by atoms with Crippen molar-refractivity contribution >= 4 is 0 Å². The summed E-state index contributed by atoms with van der Waals surface area (Å²) in [4.78, 5) is 0. The summed E-state index contributed by atoms with van der Waals surface area (Å²) >= 11 is 0. The molecule has 0 aliphatic heterocycles. The van der Waals surface area contributed by atoms with E-state index in [0.717, 1.165) is 42.2 Å². The number of ether oxygens (including phenoxy) is 1. The van der Waals surface area contributed by atoms with Gasteiger partial charge in [0.05, 0.1) is 6.61 Å². The lowest BCUT2D eigenvalue weighted by Gasteiger charge is -2.06. The highest BCUT2D eigenvalue weighted by Gasteiger charge is 2.12. The van der Waals surface area contributed by atoms with Crippen molar-refractivity contribution in [2.45, 2.75) is 58.8 Å². The summed E-state index contributed by atoms with van der Waals surface area (Å²) in [6.07, 6.45) is 8.49. The van der Waals surface area contributed by atoms with Crippen molar-refractivity contribution in [3.05, 3.63) is 48.2 Å². The molecular weight excluding hydrogens is 338 g/mol. The van der Waals surface area contributed by atoms with E-state index in [0.29, 0.717) is 11.5 Å². The number of hydrogen-bond donors (Lipinski definition) is 0. The molecule has 27 heavy (non-hydrogen) atoms. The first-order valence-electron chi connectivity index (χ1n) is 10.1. The fraction of sp³-hybridized carbons (Fsp3) is 0.435. The van der Waals surface area contributed by atoms with E-state index in [4.69, 9.17) is 13.7 Å². The first-order chi connectivity index (χ1) is 13.3. The molecule has 2 aromatic heterocycles. The van der Waals surface area contributed by atoms with Crippen LogP contribution in [0.5, 0.6) is 5.75 Å². The van der Waals surface area contributed by atoms with Crippen LogP contribution in [0, 0.1) is 0 Å². The predicted octanol–water partition coefficient (Wildman–Crippen LogP) is 6.90. The Bertz CT molecular complexity index is 801. The topological polar surface area (TPSA) is 48.4 Å². The molecule has 0 aliphatic carbocycles. The predicted molar refractivity (Wildman–Crippen MR) is 108 cm³/mol. The zero-order valence-corrected chi connectivity index (χ0v) is 16.4. The van der Waals surface area contributed by atoms with Crippen LogP contribution >= 0.6 is 0 Å². The molecule has 0 radical (unpaired) electrons. The number of aryl methyl sites for hydroxylation is 1. The highest BCUT2D eigenvalue weighted by Crippen LogP contribution is 2.28. The van der Waals surface area contributed by atoms with E-state index in [2.05, 4.69) is 19.0 Å². The van der Waals surface area contributed by atoms with Crippen LogP contribution in [0.3, 0.4) is 0 Å². The highest BCUT2D eigenvalue weighted by atomic mass is 16.5. The van der Waals surface area contributed by atoms with Gasteiger partial charge in [0, 0.05) is 18.1 Å². The molecule has 4 heteroatoms. The van der Waals surface area contributed by atoms with E-state index < -0.39 is 0 Å². The minimum absolute atomic E-state index is 0.646. The number of furan rings is 1. The molecule has 0 aliphatic rings. The summed E-state index contributed by atoms with van der Waals surface area (Å²) in [5, 5.41) is 4.16. The van der Waals surface area contributed by atoms with Gasteiger partial charge in [-0.05, 0) is 42.8 Å². The average Bonchev–Trinajstić information content (AvgIpc) is 3.37. The van der Waals surface area contributed by atoms with Crippen LogP contribution in [0.4, 0.5) is 0 Å². The van der Waals surface area contributed by atoms with Gasteiger partial charge in [0.2, 0.25) is 5.76 Å². The molecule has 0 atom stereocenters. The first kappa shape index (κ1) is 19.3. The van der Waals surface area contributed by atoms with Gasteiger partial charge in [0.15, 0.2) is 5.76 Å². The van der Waals surface area contributed by atoms with Crippen LogP contribution in [-0.2, 0) is 6.42 Å². The van der Waals surface area contributed by atoms with E-state index in [1.165, 1.54) is 32.1 Å². The van der Waals surface area contributed by atoms with Crippen molar-refractivity contribution < 1.29 is 13.7 Å². The van der Waals surface area contributed by atoms with Gasteiger partial charge in [-0.2, -0.15) is 0 Å². The van der Waals surface area contributed by atoms with Gasteiger partial charge in [0.1, 0.15) is 17.2 Å². The lowest BCUT2D eigenvalue weighted by molar-refractivity contribution is 0.304. The molecule has 1 aromatic carbocycles. The smallest absolute Gasteiger partial charge is 0.202 e. The lowest BCUT2D eigenvalue weighted by atomic mass is 10.1. The van der Waals surface area contributed by atoms with Gasteiger partial charge in [0.25, 0.3) is 0 Å². The molecule has 3 rings (SSSR count). The Morgan fingerprint density at radius 2 is 1.63 bits per heavy atom. The molecule has 0 unspecified atom stereocenters. The minimum Gasteiger partial charge on any atom is -0.494 e. The average molecular weight is 367 g/mol. The third-order valence-electron chi connectivity index (χ3n) is 4.68. The second-order valence-corrected chi connectivity index (χ2v) is 6.84. The van der Waals surface area contributed by atoms with Crippen molar-refractivity contribution in [3.63, 3.8) is 0 Å². The summed E-state index contributed by atoms with van der Waals surface area (Å²) in [6.45, 7) is 5.08. The van der Waals surface area contributed by atoms with Crippen LogP contribution in [0.2, 0.25) is 0 Å². The van der Waals surface area contributed by atoms with E-state index in [9.17, 15) is 0 Å². The Morgan fingerprint density at radius 1 is 0.852 bits per heavy atom. The molecule has 3 aromatic rings. The molecule has 0 amide bonds. The monoisotopic (exact) mass is 367 g/mol. The molecule has 4 nitrogen and oxygen atoms in total. The number of hydrogen-bond acceptors (Lipinski definition) is 4. The fourth-order valence-electron chi connectivity index (χ4n) is 3.02. The summed E-state index contributed by atoms with van der Waals surface area (Å²) in [5.41, 5.74) is 1.79. The normalized spacial score (nSPS) is 11.0. The molecule has 0 saturated heterocycles. The first-order valence-corrected chi connectivity index (χ1v) is 10.1. The third-order valence-corrected chi connectivity index (χ3v) is 4.68. The van der Waals surface area contributed by atoms with Crippen LogP contribution in [-0.4, -0.2) is 11.8 Å². The molecular formula is C23H29NO3. The third kappa shape index (κ3) is 5.49. The van der Waals surface area contributed by atoms with E-state index >= 15 is 0 Å². The summed E-state index contributed by atoms with van der Waals surface area (Å²) in [6, 6.07) is 13.8. The van der Waals surface area contributed by atoms with Crippen LogP contribution < -0.4 is 4.74 Å². The molecule has 0 spiro atoms. The highest BCUT2D eigenvalue weighted by molar-refractivity contribution is 5.65. The molecule has 0 bridgehead atoms. The maximum atomic E-state index is 5.83. The van der Waals surface area contributed by atoms with Crippen molar-refractivity contribution in [3.8, 4) is 28.5 Å². The van der Waals surface area contributed by atoms with Crippen LogP contribution in [0.25, 0.3) is 22.8 Å². The maximum absolute atomic E-state index is 5.83. The largest absolute Gasteiger partial charge is 0.494 e. The second kappa shape index (κ2) is 10.0. The standard InChI is InChI=1S/C23H29NO3/c1-3-5-6-7-8-9-16-25-20-12-10-18(11-13-20)21-17-23(27-24-21)22-15-14-19(4-2)26-22/h10-15,17H,3-9,16H2,1-2H3. The Morgan fingerprint density at radius 3 is 2.37 bits per heavy atom.